The molecule has 4 rings (SSSR count). The van der Waals surface area contributed by atoms with Gasteiger partial charge in [0.1, 0.15) is 0 Å². The quantitative estimate of drug-likeness (QED) is 0.839. The van der Waals surface area contributed by atoms with Crippen molar-refractivity contribution >= 4 is 15.9 Å². The number of carbonyl (C=O) groups excluding carboxylic acids is 1. The number of carbonyl (C=O) groups is 1. The summed E-state index contributed by atoms with van der Waals surface area (Å²) >= 11 is 0. The van der Waals surface area contributed by atoms with E-state index in [1.165, 1.54) is 0 Å². The predicted octanol–water partition coefficient (Wildman–Crippen LogP) is 1.96. The lowest BCUT2D eigenvalue weighted by Crippen LogP contribution is -2.53. The fraction of sp³-hybridized carbons (Fsp3) is 0.611. The van der Waals surface area contributed by atoms with E-state index in [1.54, 1.807) is 4.31 Å². The zero-order valence-corrected chi connectivity index (χ0v) is 14.8. The van der Waals surface area contributed by atoms with Crippen LogP contribution in [0.1, 0.15) is 43.6 Å². The molecule has 130 valence electrons. The molecule has 5 nitrogen and oxygen atoms in total. The lowest BCUT2D eigenvalue weighted by atomic mass is 9.82. The van der Waals surface area contributed by atoms with Gasteiger partial charge in [-0.1, -0.05) is 30.3 Å². The third-order valence-corrected chi connectivity index (χ3v) is 8.48. The van der Waals surface area contributed by atoms with E-state index in [2.05, 4.69) is 0 Å². The molecule has 0 radical (unpaired) electrons. The molecule has 1 spiro atoms. The van der Waals surface area contributed by atoms with Crippen molar-refractivity contribution in [2.75, 3.05) is 20.1 Å². The van der Waals surface area contributed by atoms with Crippen LogP contribution in [0.25, 0.3) is 0 Å². The number of hydrogen-bond acceptors (Lipinski definition) is 3. The van der Waals surface area contributed by atoms with Gasteiger partial charge in [-0.25, -0.2) is 12.7 Å². The first-order chi connectivity index (χ1) is 11.4. The largest absolute Gasteiger partial charge is 0.339 e. The smallest absolute Gasteiger partial charge is 0.230 e. The fourth-order valence-electron chi connectivity index (χ4n) is 4.29. The van der Waals surface area contributed by atoms with E-state index >= 15 is 0 Å². The first-order valence-electron chi connectivity index (χ1n) is 8.76. The third kappa shape index (κ3) is 2.47. The van der Waals surface area contributed by atoms with Gasteiger partial charge in [-0.05, 0) is 37.7 Å². The van der Waals surface area contributed by atoms with Crippen LogP contribution < -0.4 is 0 Å². The molecule has 2 heterocycles. The van der Waals surface area contributed by atoms with Crippen molar-refractivity contribution in [2.24, 2.45) is 0 Å². The Balaban J connectivity index is 1.52. The normalized spacial score (nSPS) is 27.8. The standard InChI is InChI=1S/C18H24N2O3S/c1-19-17(21)16(14-5-3-2-4-6-14)13-18(19)9-11-20(12-10-18)24(22,23)15-7-8-15/h2-6,15-16H,7-13H2,1H3. The minimum atomic E-state index is -3.10. The number of hydrogen-bond donors (Lipinski definition) is 0. The summed E-state index contributed by atoms with van der Waals surface area (Å²) in [6.07, 6.45) is 3.88. The molecule has 0 bridgehead atoms. The summed E-state index contributed by atoms with van der Waals surface area (Å²) in [4.78, 5) is 14.7. The van der Waals surface area contributed by atoms with Crippen molar-refractivity contribution in [2.45, 2.75) is 48.8 Å². The van der Waals surface area contributed by atoms with Crippen molar-refractivity contribution in [1.82, 2.24) is 9.21 Å². The van der Waals surface area contributed by atoms with Crippen LogP contribution >= 0.6 is 0 Å². The maximum atomic E-state index is 12.8. The monoisotopic (exact) mass is 348 g/mol. The van der Waals surface area contributed by atoms with Gasteiger partial charge in [0.25, 0.3) is 0 Å². The Morgan fingerprint density at radius 2 is 1.71 bits per heavy atom. The second-order valence-corrected chi connectivity index (χ2v) is 9.65. The molecule has 2 aliphatic heterocycles. The highest BCUT2D eigenvalue weighted by molar-refractivity contribution is 7.90. The highest BCUT2D eigenvalue weighted by atomic mass is 32.2. The van der Waals surface area contributed by atoms with Crippen LogP contribution in [0.2, 0.25) is 0 Å². The number of likely N-dealkylation sites (N-methyl/N-ethyl adjacent to an activating group) is 1. The van der Waals surface area contributed by atoms with Gasteiger partial charge in [-0.3, -0.25) is 4.79 Å². The van der Waals surface area contributed by atoms with Crippen LogP contribution in [0.15, 0.2) is 30.3 Å². The zero-order valence-electron chi connectivity index (χ0n) is 14.0. The Morgan fingerprint density at radius 1 is 1.08 bits per heavy atom. The first kappa shape index (κ1) is 16.1. The van der Waals surface area contributed by atoms with E-state index < -0.39 is 10.0 Å². The van der Waals surface area contributed by atoms with Crippen molar-refractivity contribution in [3.05, 3.63) is 35.9 Å². The van der Waals surface area contributed by atoms with Gasteiger partial charge < -0.3 is 4.90 Å². The van der Waals surface area contributed by atoms with Crippen molar-refractivity contribution in [3.8, 4) is 0 Å². The average Bonchev–Trinajstić information content (AvgIpc) is 3.42. The maximum absolute atomic E-state index is 12.8. The van der Waals surface area contributed by atoms with Crippen LogP contribution in [0.5, 0.6) is 0 Å². The zero-order chi connectivity index (χ0) is 16.9. The number of rotatable bonds is 3. The molecular weight excluding hydrogens is 324 g/mol. The highest BCUT2D eigenvalue weighted by Gasteiger charge is 2.52. The van der Waals surface area contributed by atoms with E-state index in [1.807, 2.05) is 42.3 Å². The summed E-state index contributed by atoms with van der Waals surface area (Å²) in [6, 6.07) is 9.94. The number of nitrogens with zero attached hydrogens (tertiary/aromatic N) is 2. The van der Waals surface area contributed by atoms with Gasteiger partial charge in [0.15, 0.2) is 0 Å². The third-order valence-electron chi connectivity index (χ3n) is 6.08. The maximum Gasteiger partial charge on any atom is 0.230 e. The second-order valence-electron chi connectivity index (χ2n) is 7.43. The van der Waals surface area contributed by atoms with Crippen molar-refractivity contribution < 1.29 is 13.2 Å². The van der Waals surface area contributed by atoms with Gasteiger partial charge in [-0.2, -0.15) is 0 Å². The predicted molar refractivity (Wildman–Crippen MR) is 92.0 cm³/mol. The Labute approximate surface area is 143 Å². The molecule has 1 aromatic carbocycles. The van der Waals surface area contributed by atoms with Gasteiger partial charge in [0.05, 0.1) is 11.2 Å². The summed E-state index contributed by atoms with van der Waals surface area (Å²) in [5, 5.41) is -0.147. The van der Waals surface area contributed by atoms with Crippen LogP contribution in [-0.2, 0) is 14.8 Å². The molecule has 3 aliphatic rings. The molecule has 1 aliphatic carbocycles. The van der Waals surface area contributed by atoms with E-state index in [9.17, 15) is 13.2 Å². The molecule has 1 amide bonds. The lowest BCUT2D eigenvalue weighted by molar-refractivity contribution is -0.131. The first-order valence-corrected chi connectivity index (χ1v) is 10.3. The van der Waals surface area contributed by atoms with E-state index in [0.29, 0.717) is 13.1 Å². The molecule has 1 unspecified atom stereocenters. The van der Waals surface area contributed by atoms with E-state index in [4.69, 9.17) is 0 Å². The molecule has 6 heteroatoms. The fourth-order valence-corrected chi connectivity index (χ4v) is 6.14. The minimum Gasteiger partial charge on any atom is -0.339 e. The number of piperidine rings is 1. The topological polar surface area (TPSA) is 57.7 Å². The average molecular weight is 348 g/mol. The van der Waals surface area contributed by atoms with Gasteiger partial charge in [0.2, 0.25) is 15.9 Å². The lowest BCUT2D eigenvalue weighted by Gasteiger charge is -2.43. The number of likely N-dealkylation sites (tertiary alicyclic amines) is 1. The van der Waals surface area contributed by atoms with Gasteiger partial charge in [-0.15, -0.1) is 0 Å². The molecule has 24 heavy (non-hydrogen) atoms. The Bertz CT molecular complexity index is 735. The number of sulfonamides is 1. The number of amides is 1. The molecule has 1 aromatic rings. The van der Waals surface area contributed by atoms with Crippen LogP contribution in [0.4, 0.5) is 0 Å². The second kappa shape index (κ2) is 5.56. The summed E-state index contributed by atoms with van der Waals surface area (Å²) in [5.74, 6) is 0.0717. The summed E-state index contributed by atoms with van der Waals surface area (Å²) < 4.78 is 26.5. The number of benzene rings is 1. The van der Waals surface area contributed by atoms with Gasteiger partial charge in [0, 0.05) is 25.7 Å². The van der Waals surface area contributed by atoms with Crippen molar-refractivity contribution in [1.29, 1.82) is 0 Å². The van der Waals surface area contributed by atoms with E-state index in [-0.39, 0.29) is 22.6 Å². The SMILES string of the molecule is CN1C(=O)C(c2ccccc2)CC12CCN(S(=O)(=O)C1CC1)CC2. The minimum absolute atomic E-state index is 0.0946. The molecule has 2 saturated heterocycles. The van der Waals surface area contributed by atoms with Crippen LogP contribution in [0, 0.1) is 0 Å². The Morgan fingerprint density at radius 3 is 2.29 bits per heavy atom. The van der Waals surface area contributed by atoms with Crippen molar-refractivity contribution in [3.63, 3.8) is 0 Å². The molecule has 0 N–H and O–H groups in total. The Hall–Kier alpha value is -1.40. The summed E-state index contributed by atoms with van der Waals surface area (Å²) in [5.41, 5.74) is 0.881. The molecule has 1 saturated carbocycles. The summed E-state index contributed by atoms with van der Waals surface area (Å²) in [6.45, 7) is 1.08. The molecular formula is C18H24N2O3S. The van der Waals surface area contributed by atoms with Crippen LogP contribution in [0.3, 0.4) is 0 Å². The highest BCUT2D eigenvalue weighted by Crippen LogP contribution is 2.45. The molecule has 0 aromatic heterocycles. The van der Waals surface area contributed by atoms with Gasteiger partial charge >= 0.3 is 0 Å². The molecule has 1 atom stereocenters. The van der Waals surface area contributed by atoms with Crippen LogP contribution in [-0.4, -0.2) is 54.5 Å². The summed E-state index contributed by atoms with van der Waals surface area (Å²) in [7, 11) is -1.22. The van der Waals surface area contributed by atoms with E-state index in [0.717, 1.165) is 37.7 Å². The molecule has 3 fully saturated rings. The Kier molecular flexibility index (Phi) is 3.73.